The minimum Gasteiger partial charge on any atom is -0.481 e. The third kappa shape index (κ3) is 2.69. The predicted molar refractivity (Wildman–Crippen MR) is 78.3 cm³/mol. The van der Waals surface area contributed by atoms with Gasteiger partial charge in [0, 0.05) is 12.3 Å². The maximum atomic E-state index is 12.0. The summed E-state index contributed by atoms with van der Waals surface area (Å²) in [5.41, 5.74) is -2.02. The largest absolute Gasteiger partial charge is 0.481 e. The molecule has 22 heavy (non-hydrogen) atoms. The molecule has 1 amide bonds. The van der Waals surface area contributed by atoms with Gasteiger partial charge < -0.3 is 15.5 Å². The average molecular weight is 351 g/mol. The van der Waals surface area contributed by atoms with Gasteiger partial charge in [-0.15, -0.1) is 0 Å². The molecule has 1 heterocycles. The van der Waals surface area contributed by atoms with Crippen LogP contribution in [0, 0.1) is 11.8 Å². The fourth-order valence-electron chi connectivity index (χ4n) is 3.19. The number of carbonyl (C=O) groups excluding carboxylic acids is 1. The molecule has 2 rings (SSSR count). The lowest BCUT2D eigenvalue weighted by molar-refractivity contribution is -0.148. The highest BCUT2D eigenvalue weighted by Gasteiger charge is 2.79. The SMILES string of the molecule is CSCCCC(=O)N[C@@]1(C(=O)O)CS(=O)(=O)[C@H]2[C@H](C(=O)O)[C@H]21. The number of carbonyl (C=O) groups is 3. The fourth-order valence-corrected chi connectivity index (χ4v) is 6.32. The van der Waals surface area contributed by atoms with Crippen molar-refractivity contribution in [1.29, 1.82) is 0 Å². The highest BCUT2D eigenvalue weighted by Crippen LogP contribution is 2.57. The molecule has 0 aromatic rings. The molecule has 0 bridgehead atoms. The van der Waals surface area contributed by atoms with Gasteiger partial charge in [-0.1, -0.05) is 0 Å². The summed E-state index contributed by atoms with van der Waals surface area (Å²) in [6.45, 7) is 0. The van der Waals surface area contributed by atoms with Gasteiger partial charge in [0.1, 0.15) is 0 Å². The van der Waals surface area contributed by atoms with E-state index in [1.807, 2.05) is 6.26 Å². The van der Waals surface area contributed by atoms with Gasteiger partial charge in [0.15, 0.2) is 15.4 Å². The van der Waals surface area contributed by atoms with Gasteiger partial charge in [0.25, 0.3) is 0 Å². The van der Waals surface area contributed by atoms with Gasteiger partial charge in [-0.2, -0.15) is 11.8 Å². The van der Waals surface area contributed by atoms with Crippen molar-refractivity contribution in [2.45, 2.75) is 23.6 Å². The Hall–Kier alpha value is -1.29. The number of fused-ring (bicyclic) bond motifs is 1. The van der Waals surface area contributed by atoms with Crippen molar-refractivity contribution in [1.82, 2.24) is 5.32 Å². The number of thioether (sulfide) groups is 1. The maximum absolute atomic E-state index is 12.0. The Bertz CT molecular complexity index is 617. The molecular weight excluding hydrogens is 334 g/mol. The Labute approximate surface area is 131 Å². The Morgan fingerprint density at radius 3 is 2.41 bits per heavy atom. The Morgan fingerprint density at radius 1 is 1.32 bits per heavy atom. The molecule has 2 aliphatic rings. The molecule has 10 heteroatoms. The van der Waals surface area contributed by atoms with Crippen LogP contribution in [-0.2, 0) is 24.2 Å². The van der Waals surface area contributed by atoms with Gasteiger partial charge in [-0.25, -0.2) is 13.2 Å². The zero-order chi connectivity index (χ0) is 16.7. The molecule has 0 aromatic heterocycles. The number of amides is 1. The summed E-state index contributed by atoms with van der Waals surface area (Å²) in [6, 6.07) is 0. The lowest BCUT2D eigenvalue weighted by atomic mass is 9.93. The molecule has 3 N–H and O–H groups in total. The minimum absolute atomic E-state index is 0.0744. The van der Waals surface area contributed by atoms with Crippen molar-refractivity contribution < 1.29 is 33.0 Å². The van der Waals surface area contributed by atoms with Gasteiger partial charge >= 0.3 is 11.9 Å². The van der Waals surface area contributed by atoms with E-state index in [0.717, 1.165) is 5.75 Å². The van der Waals surface area contributed by atoms with E-state index in [4.69, 9.17) is 5.11 Å². The topological polar surface area (TPSA) is 138 Å². The van der Waals surface area contributed by atoms with Crippen LogP contribution in [0.2, 0.25) is 0 Å². The zero-order valence-corrected chi connectivity index (χ0v) is 13.4. The van der Waals surface area contributed by atoms with Crippen LogP contribution >= 0.6 is 11.8 Å². The molecule has 4 atom stereocenters. The molecule has 124 valence electrons. The second-order valence-electron chi connectivity index (χ2n) is 5.58. The fraction of sp³-hybridized carbons (Fsp3) is 0.750. The first-order valence-electron chi connectivity index (χ1n) is 6.65. The Balaban J connectivity index is 2.22. The molecule has 8 nitrogen and oxygen atoms in total. The first kappa shape index (κ1) is 17.1. The summed E-state index contributed by atoms with van der Waals surface area (Å²) < 4.78 is 24.0. The molecule has 0 aromatic carbocycles. The van der Waals surface area contributed by atoms with Crippen molar-refractivity contribution in [2.75, 3.05) is 17.8 Å². The van der Waals surface area contributed by atoms with Crippen LogP contribution in [0.5, 0.6) is 0 Å². The van der Waals surface area contributed by atoms with Gasteiger partial charge in [-0.05, 0) is 18.4 Å². The molecule has 1 saturated carbocycles. The molecule has 1 saturated heterocycles. The zero-order valence-electron chi connectivity index (χ0n) is 11.8. The Morgan fingerprint density at radius 2 is 1.95 bits per heavy atom. The highest BCUT2D eigenvalue weighted by molar-refractivity contribution is 7.98. The van der Waals surface area contributed by atoms with Crippen LogP contribution in [0.25, 0.3) is 0 Å². The first-order chi connectivity index (χ1) is 10.2. The lowest BCUT2D eigenvalue weighted by Gasteiger charge is -2.27. The molecular formula is C12H17NO7S2. The van der Waals surface area contributed by atoms with Crippen molar-refractivity contribution in [2.24, 2.45) is 11.8 Å². The smallest absolute Gasteiger partial charge is 0.330 e. The second kappa shape index (κ2) is 5.73. The number of aliphatic carboxylic acids is 2. The van der Waals surface area contributed by atoms with Crippen molar-refractivity contribution in [3.63, 3.8) is 0 Å². The highest BCUT2D eigenvalue weighted by atomic mass is 32.2. The van der Waals surface area contributed by atoms with E-state index < -0.39 is 56.1 Å². The van der Waals surface area contributed by atoms with E-state index in [0.29, 0.717) is 6.42 Å². The van der Waals surface area contributed by atoms with Crippen LogP contribution in [0.15, 0.2) is 0 Å². The average Bonchev–Trinajstić information content (AvgIpc) is 3.09. The van der Waals surface area contributed by atoms with Crippen LogP contribution in [-0.4, -0.2) is 65.0 Å². The monoisotopic (exact) mass is 351 g/mol. The summed E-state index contributed by atoms with van der Waals surface area (Å²) in [5.74, 6) is -5.80. The number of rotatable bonds is 7. The normalized spacial score (nSPS) is 34.7. The van der Waals surface area contributed by atoms with Gasteiger partial charge in [0.2, 0.25) is 5.91 Å². The van der Waals surface area contributed by atoms with Crippen LogP contribution < -0.4 is 5.32 Å². The van der Waals surface area contributed by atoms with Crippen molar-refractivity contribution in [3.8, 4) is 0 Å². The first-order valence-corrected chi connectivity index (χ1v) is 9.76. The van der Waals surface area contributed by atoms with E-state index in [2.05, 4.69) is 5.32 Å². The number of nitrogens with one attached hydrogen (secondary N) is 1. The summed E-state index contributed by atoms with van der Waals surface area (Å²) in [4.78, 5) is 34.6. The standard InChI is InChI=1S/C12H17NO7S2/c1-21-4-2-3-6(14)13-12(11(17)18)5-22(19,20)9-7(8(9)12)10(15)16/h7-9H,2-5H2,1H3,(H,13,14)(H,15,16)(H,17,18)/t7-,8-,9+,12+/m1/s1. The summed E-state index contributed by atoms with van der Waals surface area (Å²) in [7, 11) is -3.85. The molecule has 0 radical (unpaired) electrons. The number of hydrogen-bond acceptors (Lipinski definition) is 6. The molecule has 1 aliphatic heterocycles. The van der Waals surface area contributed by atoms with Gasteiger partial charge in [-0.3, -0.25) is 9.59 Å². The number of carboxylic acids is 2. The summed E-state index contributed by atoms with van der Waals surface area (Å²) in [5, 5.41) is 19.6. The number of carboxylic acid groups (broad SMARTS) is 2. The van der Waals surface area contributed by atoms with E-state index >= 15 is 0 Å². The van der Waals surface area contributed by atoms with E-state index in [1.165, 1.54) is 11.8 Å². The molecule has 1 aliphatic carbocycles. The number of hydrogen-bond donors (Lipinski definition) is 3. The molecule has 0 unspecified atom stereocenters. The van der Waals surface area contributed by atoms with Crippen molar-refractivity contribution in [3.05, 3.63) is 0 Å². The molecule has 2 fully saturated rings. The third-order valence-corrected chi connectivity index (χ3v) is 7.12. The van der Waals surface area contributed by atoms with Crippen molar-refractivity contribution >= 4 is 39.4 Å². The predicted octanol–water partition coefficient (Wildman–Crippen LogP) is -0.803. The van der Waals surface area contributed by atoms with Crippen LogP contribution in [0.1, 0.15) is 12.8 Å². The van der Waals surface area contributed by atoms with E-state index in [1.54, 1.807) is 0 Å². The number of sulfone groups is 1. The minimum atomic E-state index is -3.85. The van der Waals surface area contributed by atoms with E-state index in [-0.39, 0.29) is 6.42 Å². The van der Waals surface area contributed by atoms with E-state index in [9.17, 15) is 27.9 Å². The summed E-state index contributed by atoms with van der Waals surface area (Å²) in [6.07, 6.45) is 2.48. The van der Waals surface area contributed by atoms with Crippen LogP contribution in [0.3, 0.4) is 0 Å². The second-order valence-corrected chi connectivity index (χ2v) is 8.73. The van der Waals surface area contributed by atoms with Gasteiger partial charge in [0.05, 0.1) is 16.9 Å². The Kier molecular flexibility index (Phi) is 4.44. The maximum Gasteiger partial charge on any atom is 0.330 e. The quantitative estimate of drug-likeness (QED) is 0.507. The summed E-state index contributed by atoms with van der Waals surface area (Å²) >= 11 is 1.53. The lowest BCUT2D eigenvalue weighted by Crippen LogP contribution is -2.59. The third-order valence-electron chi connectivity index (χ3n) is 4.15. The van der Waals surface area contributed by atoms with Crippen LogP contribution in [0.4, 0.5) is 0 Å². The molecule has 0 spiro atoms.